The Morgan fingerprint density at radius 1 is 0.821 bits per heavy atom. The molecule has 0 saturated heterocycles. The summed E-state index contributed by atoms with van der Waals surface area (Å²) in [5.74, 6) is -8.74. The van der Waals surface area contributed by atoms with Crippen molar-refractivity contribution in [3.05, 3.63) is 58.7 Å². The van der Waals surface area contributed by atoms with Gasteiger partial charge in [-0.3, -0.25) is 4.79 Å². The van der Waals surface area contributed by atoms with Gasteiger partial charge in [0.25, 0.3) is 0 Å². The number of phenolic OH excluding ortho intramolecular Hbond substituents is 2. The number of aromatic hydroxyl groups is 2. The molecule has 0 aliphatic rings. The number of carbonyl (C=O) groups is 1. The van der Waals surface area contributed by atoms with Crippen LogP contribution < -0.4 is 9.47 Å². The molecule has 0 atom stereocenters. The number of halogens is 4. The third-order valence-electron chi connectivity index (χ3n) is 3.62. The van der Waals surface area contributed by atoms with Crippen LogP contribution in [-0.4, -0.2) is 30.2 Å². The van der Waals surface area contributed by atoms with Gasteiger partial charge in [-0.15, -0.1) is 0 Å². The number of allylic oxidation sites excluding steroid dienone is 2. The number of hydrogen-bond acceptors (Lipinski definition) is 5. The zero-order valence-corrected chi connectivity index (χ0v) is 14.6. The SMILES string of the molecule is COc1c(O)c(F)cc(/C=C/C(=O)/C=C/c2cc(F)c(O)c(OC)c2F)c1F. The highest BCUT2D eigenvalue weighted by atomic mass is 19.1. The first-order valence-electron chi connectivity index (χ1n) is 7.61. The molecule has 0 radical (unpaired) electrons. The Bertz CT molecular complexity index is 906. The second-order valence-electron chi connectivity index (χ2n) is 5.36. The van der Waals surface area contributed by atoms with Crippen LogP contribution in [-0.2, 0) is 4.79 Å². The predicted molar refractivity (Wildman–Crippen MR) is 92.2 cm³/mol. The molecule has 0 spiro atoms. The van der Waals surface area contributed by atoms with Gasteiger partial charge in [-0.1, -0.05) is 0 Å². The molecule has 2 rings (SSSR count). The molecule has 0 saturated carbocycles. The Hall–Kier alpha value is -3.49. The van der Waals surface area contributed by atoms with E-state index >= 15 is 0 Å². The van der Waals surface area contributed by atoms with Gasteiger partial charge >= 0.3 is 0 Å². The van der Waals surface area contributed by atoms with Crippen molar-refractivity contribution in [3.63, 3.8) is 0 Å². The fourth-order valence-corrected chi connectivity index (χ4v) is 2.24. The van der Waals surface area contributed by atoms with E-state index < -0.39 is 52.1 Å². The summed E-state index contributed by atoms with van der Waals surface area (Å²) < 4.78 is 64.4. The molecule has 148 valence electrons. The van der Waals surface area contributed by atoms with Crippen LogP contribution >= 0.6 is 0 Å². The van der Waals surface area contributed by atoms with Crippen molar-refractivity contribution in [3.8, 4) is 23.0 Å². The van der Waals surface area contributed by atoms with E-state index in [0.717, 1.165) is 38.5 Å². The zero-order valence-electron chi connectivity index (χ0n) is 14.6. The van der Waals surface area contributed by atoms with Crippen LogP contribution in [0.1, 0.15) is 11.1 Å². The summed E-state index contributed by atoms with van der Waals surface area (Å²) in [6.45, 7) is 0. The van der Waals surface area contributed by atoms with Crippen LogP contribution in [0.15, 0.2) is 24.3 Å². The molecule has 0 aliphatic heterocycles. The summed E-state index contributed by atoms with van der Waals surface area (Å²) in [5.41, 5.74) is -0.755. The van der Waals surface area contributed by atoms with E-state index in [2.05, 4.69) is 9.47 Å². The van der Waals surface area contributed by atoms with Crippen molar-refractivity contribution in [1.82, 2.24) is 0 Å². The minimum Gasteiger partial charge on any atom is -0.502 e. The van der Waals surface area contributed by atoms with Gasteiger partial charge in [0.15, 0.2) is 52.1 Å². The van der Waals surface area contributed by atoms with Gasteiger partial charge < -0.3 is 19.7 Å². The van der Waals surface area contributed by atoms with Gasteiger partial charge in [-0.2, -0.15) is 0 Å². The lowest BCUT2D eigenvalue weighted by molar-refractivity contribution is -0.110. The highest BCUT2D eigenvalue weighted by molar-refractivity contribution is 6.04. The van der Waals surface area contributed by atoms with Crippen molar-refractivity contribution < 1.29 is 42.0 Å². The standard InChI is InChI=1S/C19H14F4O5/c1-27-18-14(22)9(7-12(20)16(18)25)3-5-11(24)6-4-10-8-13(21)17(26)19(28-2)15(10)23/h3-8,25-26H,1-2H3/b5-3+,6-4+. The lowest BCUT2D eigenvalue weighted by atomic mass is 10.1. The summed E-state index contributed by atoms with van der Waals surface area (Å²) in [7, 11) is 2.05. The fraction of sp³-hybridized carbons (Fsp3) is 0.105. The fourth-order valence-electron chi connectivity index (χ4n) is 2.24. The quantitative estimate of drug-likeness (QED) is 0.569. The molecule has 2 aromatic rings. The van der Waals surface area contributed by atoms with Gasteiger partial charge in [-0.05, 0) is 36.4 Å². The summed E-state index contributed by atoms with van der Waals surface area (Å²) in [4.78, 5) is 11.9. The maximum absolute atomic E-state index is 14.1. The third-order valence-corrected chi connectivity index (χ3v) is 3.62. The number of ether oxygens (including phenoxy) is 2. The first-order chi connectivity index (χ1) is 13.2. The van der Waals surface area contributed by atoms with Gasteiger partial charge in [0.1, 0.15) is 0 Å². The number of ketones is 1. The summed E-state index contributed by atoms with van der Waals surface area (Å²) >= 11 is 0. The normalized spacial score (nSPS) is 11.4. The van der Waals surface area contributed by atoms with E-state index in [1.54, 1.807) is 0 Å². The molecule has 0 fully saturated rings. The molecule has 2 N–H and O–H groups in total. The molecular weight excluding hydrogens is 384 g/mol. The highest BCUT2D eigenvalue weighted by Gasteiger charge is 2.18. The maximum atomic E-state index is 14.1. The molecule has 9 heteroatoms. The van der Waals surface area contributed by atoms with Crippen molar-refractivity contribution in [2.75, 3.05) is 14.2 Å². The maximum Gasteiger partial charge on any atom is 0.200 e. The number of hydrogen-bond donors (Lipinski definition) is 2. The van der Waals surface area contributed by atoms with Crippen LogP contribution in [0.2, 0.25) is 0 Å². The van der Waals surface area contributed by atoms with Crippen LogP contribution in [0.4, 0.5) is 17.6 Å². The van der Waals surface area contributed by atoms with E-state index in [1.165, 1.54) is 0 Å². The number of methoxy groups -OCH3 is 2. The molecule has 2 aromatic carbocycles. The molecule has 0 unspecified atom stereocenters. The largest absolute Gasteiger partial charge is 0.502 e. The highest BCUT2D eigenvalue weighted by Crippen LogP contribution is 2.35. The third kappa shape index (κ3) is 4.08. The van der Waals surface area contributed by atoms with Crippen LogP contribution in [0, 0.1) is 23.3 Å². The van der Waals surface area contributed by atoms with Crippen LogP contribution in [0.3, 0.4) is 0 Å². The van der Waals surface area contributed by atoms with Gasteiger partial charge in [0.2, 0.25) is 0 Å². The molecule has 0 heterocycles. The first kappa shape index (κ1) is 20.8. The molecule has 5 nitrogen and oxygen atoms in total. The second-order valence-corrected chi connectivity index (χ2v) is 5.36. The molecule has 0 aliphatic carbocycles. The monoisotopic (exact) mass is 398 g/mol. The average Bonchev–Trinajstić information content (AvgIpc) is 2.66. The summed E-state index contributed by atoms with van der Waals surface area (Å²) in [6.07, 6.45) is 3.52. The van der Waals surface area contributed by atoms with E-state index in [0.29, 0.717) is 12.1 Å². The Morgan fingerprint density at radius 3 is 1.50 bits per heavy atom. The number of phenols is 2. The average molecular weight is 398 g/mol. The second kappa shape index (κ2) is 8.47. The smallest absolute Gasteiger partial charge is 0.200 e. The Labute approximate surface area is 156 Å². The van der Waals surface area contributed by atoms with Gasteiger partial charge in [0, 0.05) is 11.1 Å². The van der Waals surface area contributed by atoms with E-state index in [1.807, 2.05) is 0 Å². The summed E-state index contributed by atoms with van der Waals surface area (Å²) in [5, 5.41) is 18.7. The molecular formula is C19H14F4O5. The van der Waals surface area contributed by atoms with E-state index in [9.17, 15) is 32.6 Å². The van der Waals surface area contributed by atoms with Gasteiger partial charge in [-0.25, -0.2) is 17.6 Å². The Kier molecular flexibility index (Phi) is 6.29. The molecule has 0 amide bonds. The molecule has 28 heavy (non-hydrogen) atoms. The Morgan fingerprint density at radius 2 is 1.18 bits per heavy atom. The predicted octanol–water partition coefficient (Wildman–Crippen LogP) is 3.97. The minimum atomic E-state index is -1.16. The molecule has 0 aromatic heterocycles. The van der Waals surface area contributed by atoms with Crippen molar-refractivity contribution in [1.29, 1.82) is 0 Å². The number of carbonyl (C=O) groups excluding carboxylic acids is 1. The lowest BCUT2D eigenvalue weighted by Gasteiger charge is -2.08. The number of rotatable bonds is 6. The van der Waals surface area contributed by atoms with Crippen LogP contribution in [0.5, 0.6) is 23.0 Å². The van der Waals surface area contributed by atoms with E-state index in [-0.39, 0.29) is 11.1 Å². The summed E-state index contributed by atoms with van der Waals surface area (Å²) in [6, 6.07) is 1.31. The zero-order chi connectivity index (χ0) is 21.0. The van der Waals surface area contributed by atoms with Crippen molar-refractivity contribution in [2.45, 2.75) is 0 Å². The Balaban J connectivity index is 2.28. The van der Waals surface area contributed by atoms with E-state index in [4.69, 9.17) is 0 Å². The van der Waals surface area contributed by atoms with Crippen LogP contribution in [0.25, 0.3) is 12.2 Å². The van der Waals surface area contributed by atoms with Gasteiger partial charge in [0.05, 0.1) is 14.2 Å². The first-order valence-corrected chi connectivity index (χ1v) is 7.61. The number of benzene rings is 2. The topological polar surface area (TPSA) is 76.0 Å². The lowest BCUT2D eigenvalue weighted by Crippen LogP contribution is -1.96. The van der Waals surface area contributed by atoms with Crippen molar-refractivity contribution >= 4 is 17.9 Å². The minimum absolute atomic E-state index is 0.377. The molecule has 0 bridgehead atoms. The van der Waals surface area contributed by atoms with Crippen molar-refractivity contribution in [2.24, 2.45) is 0 Å².